The number of carbonyl (C=O) groups excluding carboxylic acids is 1. The maximum absolute atomic E-state index is 12.8. The van der Waals surface area contributed by atoms with Crippen LogP contribution in [0.4, 0.5) is 4.39 Å². The van der Waals surface area contributed by atoms with Crippen molar-refractivity contribution in [3.8, 4) is 11.5 Å². The first-order valence-electron chi connectivity index (χ1n) is 7.81. The summed E-state index contributed by atoms with van der Waals surface area (Å²) in [6, 6.07) is 11.9. The molecule has 1 aliphatic heterocycles. The van der Waals surface area contributed by atoms with Gasteiger partial charge in [-0.1, -0.05) is 18.2 Å². The Hall–Kier alpha value is -2.60. The van der Waals surface area contributed by atoms with E-state index in [4.69, 9.17) is 9.47 Å². The largest absolute Gasteiger partial charge is 0.454 e. The van der Waals surface area contributed by atoms with E-state index in [1.165, 1.54) is 12.1 Å². The van der Waals surface area contributed by atoms with Crippen molar-refractivity contribution in [2.45, 2.75) is 19.5 Å². The molecule has 0 fully saturated rings. The van der Waals surface area contributed by atoms with Crippen molar-refractivity contribution in [3.63, 3.8) is 0 Å². The lowest BCUT2D eigenvalue weighted by Crippen LogP contribution is -2.27. The molecular weight excluding hydrogens is 311 g/mol. The van der Waals surface area contributed by atoms with Gasteiger partial charge in [0.1, 0.15) is 5.82 Å². The van der Waals surface area contributed by atoms with Crippen LogP contribution in [0.1, 0.15) is 17.5 Å². The van der Waals surface area contributed by atoms with Crippen LogP contribution < -0.4 is 20.1 Å². The molecule has 1 aliphatic rings. The van der Waals surface area contributed by atoms with E-state index in [9.17, 15) is 9.18 Å². The minimum absolute atomic E-state index is 0.0440. The smallest absolute Gasteiger partial charge is 0.231 e. The zero-order valence-corrected chi connectivity index (χ0v) is 13.2. The molecule has 3 rings (SSSR count). The number of ether oxygens (including phenoxy) is 2. The lowest BCUT2D eigenvalue weighted by molar-refractivity contribution is -0.121. The highest BCUT2D eigenvalue weighted by Gasteiger charge is 2.12. The van der Waals surface area contributed by atoms with Gasteiger partial charge in [-0.05, 0) is 35.4 Å². The molecule has 5 nitrogen and oxygen atoms in total. The van der Waals surface area contributed by atoms with E-state index in [0.29, 0.717) is 26.1 Å². The summed E-state index contributed by atoms with van der Waals surface area (Å²) in [5.74, 6) is 1.19. The van der Waals surface area contributed by atoms with Crippen LogP contribution >= 0.6 is 0 Å². The SMILES string of the molecule is O=C(CCNCc1ccc2c(c1)OCO2)NCc1ccc(F)cc1. The van der Waals surface area contributed by atoms with Crippen LogP contribution in [0.3, 0.4) is 0 Å². The van der Waals surface area contributed by atoms with Crippen LogP contribution in [0.25, 0.3) is 0 Å². The van der Waals surface area contributed by atoms with Crippen LogP contribution in [0.15, 0.2) is 42.5 Å². The van der Waals surface area contributed by atoms with Crippen LogP contribution in [0, 0.1) is 5.82 Å². The van der Waals surface area contributed by atoms with Crippen molar-refractivity contribution < 1.29 is 18.7 Å². The highest BCUT2D eigenvalue weighted by molar-refractivity contribution is 5.76. The van der Waals surface area contributed by atoms with Gasteiger partial charge in [-0.25, -0.2) is 4.39 Å². The Morgan fingerprint density at radius 3 is 2.58 bits per heavy atom. The first kappa shape index (κ1) is 16.3. The number of rotatable bonds is 7. The molecule has 0 atom stereocenters. The number of hydrogen-bond donors (Lipinski definition) is 2. The minimum Gasteiger partial charge on any atom is -0.454 e. The topological polar surface area (TPSA) is 59.6 Å². The normalized spacial score (nSPS) is 12.2. The predicted molar refractivity (Wildman–Crippen MR) is 87.1 cm³/mol. The molecule has 0 unspecified atom stereocenters. The van der Waals surface area contributed by atoms with E-state index in [1.54, 1.807) is 12.1 Å². The first-order chi connectivity index (χ1) is 11.7. The van der Waals surface area contributed by atoms with Gasteiger partial charge in [-0.15, -0.1) is 0 Å². The second-order valence-electron chi connectivity index (χ2n) is 5.52. The maximum Gasteiger partial charge on any atom is 0.231 e. The number of hydrogen-bond acceptors (Lipinski definition) is 4. The predicted octanol–water partition coefficient (Wildman–Crippen LogP) is 2.35. The molecule has 2 aromatic carbocycles. The van der Waals surface area contributed by atoms with Gasteiger partial charge < -0.3 is 20.1 Å². The lowest BCUT2D eigenvalue weighted by atomic mass is 10.2. The Kier molecular flexibility index (Phi) is 5.28. The third-order valence-corrected chi connectivity index (χ3v) is 3.70. The lowest BCUT2D eigenvalue weighted by Gasteiger charge is -2.07. The van der Waals surface area contributed by atoms with Gasteiger partial charge in [0.05, 0.1) is 0 Å². The molecule has 0 saturated heterocycles. The molecule has 1 heterocycles. The summed E-state index contributed by atoms with van der Waals surface area (Å²) in [4.78, 5) is 11.8. The van der Waals surface area contributed by atoms with Crippen LogP contribution in [-0.2, 0) is 17.9 Å². The zero-order valence-electron chi connectivity index (χ0n) is 13.2. The van der Waals surface area contributed by atoms with Gasteiger partial charge in [0, 0.05) is 26.1 Å². The van der Waals surface area contributed by atoms with Crippen molar-refractivity contribution in [2.75, 3.05) is 13.3 Å². The molecule has 0 saturated carbocycles. The fourth-order valence-corrected chi connectivity index (χ4v) is 2.38. The molecule has 0 radical (unpaired) electrons. The standard InChI is InChI=1S/C18H19FN2O3/c19-15-4-1-13(2-5-15)11-21-18(22)7-8-20-10-14-3-6-16-17(9-14)24-12-23-16/h1-6,9,20H,7-8,10-12H2,(H,21,22). The van der Waals surface area contributed by atoms with E-state index >= 15 is 0 Å². The Balaban J connectivity index is 1.34. The van der Waals surface area contributed by atoms with E-state index in [0.717, 1.165) is 22.6 Å². The maximum atomic E-state index is 12.8. The summed E-state index contributed by atoms with van der Waals surface area (Å²) < 4.78 is 23.4. The van der Waals surface area contributed by atoms with Crippen molar-refractivity contribution >= 4 is 5.91 Å². The third kappa shape index (κ3) is 4.45. The first-order valence-corrected chi connectivity index (χ1v) is 7.81. The van der Waals surface area contributed by atoms with E-state index in [2.05, 4.69) is 10.6 Å². The number of amides is 1. The summed E-state index contributed by atoms with van der Waals surface area (Å²) >= 11 is 0. The average molecular weight is 330 g/mol. The van der Waals surface area contributed by atoms with Crippen molar-refractivity contribution in [1.29, 1.82) is 0 Å². The number of fused-ring (bicyclic) bond motifs is 1. The average Bonchev–Trinajstić information content (AvgIpc) is 3.06. The molecule has 24 heavy (non-hydrogen) atoms. The van der Waals surface area contributed by atoms with Gasteiger partial charge in [-0.2, -0.15) is 0 Å². The molecule has 2 N–H and O–H groups in total. The Labute approximate surface area is 139 Å². The van der Waals surface area contributed by atoms with E-state index in [1.807, 2.05) is 18.2 Å². The Morgan fingerprint density at radius 1 is 1.00 bits per heavy atom. The highest BCUT2D eigenvalue weighted by atomic mass is 19.1. The number of nitrogens with one attached hydrogen (secondary N) is 2. The quantitative estimate of drug-likeness (QED) is 0.765. The van der Waals surface area contributed by atoms with Gasteiger partial charge in [0.25, 0.3) is 0 Å². The van der Waals surface area contributed by atoms with Crippen LogP contribution in [0.2, 0.25) is 0 Å². The Morgan fingerprint density at radius 2 is 1.75 bits per heavy atom. The second kappa shape index (κ2) is 7.79. The van der Waals surface area contributed by atoms with Crippen LogP contribution in [0.5, 0.6) is 11.5 Å². The monoisotopic (exact) mass is 330 g/mol. The van der Waals surface area contributed by atoms with Crippen LogP contribution in [-0.4, -0.2) is 19.2 Å². The van der Waals surface area contributed by atoms with Crippen molar-refractivity contribution in [3.05, 3.63) is 59.4 Å². The summed E-state index contributed by atoms with van der Waals surface area (Å²) in [6.45, 7) is 1.90. The van der Waals surface area contributed by atoms with Crippen molar-refractivity contribution in [1.82, 2.24) is 10.6 Å². The second-order valence-corrected chi connectivity index (χ2v) is 5.52. The molecule has 6 heteroatoms. The number of benzene rings is 2. The fourth-order valence-electron chi connectivity index (χ4n) is 2.38. The van der Waals surface area contributed by atoms with Gasteiger partial charge in [0.2, 0.25) is 12.7 Å². The van der Waals surface area contributed by atoms with E-state index in [-0.39, 0.29) is 18.5 Å². The van der Waals surface area contributed by atoms with Gasteiger partial charge >= 0.3 is 0 Å². The summed E-state index contributed by atoms with van der Waals surface area (Å²) in [7, 11) is 0. The molecule has 0 spiro atoms. The molecule has 0 aromatic heterocycles. The summed E-state index contributed by atoms with van der Waals surface area (Å²) in [5.41, 5.74) is 1.95. The third-order valence-electron chi connectivity index (χ3n) is 3.70. The summed E-state index contributed by atoms with van der Waals surface area (Å²) in [6.07, 6.45) is 0.381. The van der Waals surface area contributed by atoms with Crippen molar-refractivity contribution in [2.24, 2.45) is 0 Å². The fraction of sp³-hybridized carbons (Fsp3) is 0.278. The number of carbonyl (C=O) groups is 1. The molecule has 2 aromatic rings. The van der Waals surface area contributed by atoms with Gasteiger partial charge in [0.15, 0.2) is 11.5 Å². The van der Waals surface area contributed by atoms with Gasteiger partial charge in [-0.3, -0.25) is 4.79 Å². The van der Waals surface area contributed by atoms with E-state index < -0.39 is 0 Å². The number of halogens is 1. The molecule has 0 bridgehead atoms. The molecule has 126 valence electrons. The zero-order chi connectivity index (χ0) is 16.8. The highest BCUT2D eigenvalue weighted by Crippen LogP contribution is 2.32. The molecular formula is C18H19FN2O3. The molecule has 1 amide bonds. The Bertz CT molecular complexity index is 704. The summed E-state index contributed by atoms with van der Waals surface area (Å²) in [5, 5.41) is 6.04. The minimum atomic E-state index is -0.280. The molecule has 0 aliphatic carbocycles.